The Morgan fingerprint density at radius 2 is 1.30 bits per heavy atom. The molecule has 6 nitrogen and oxygen atoms in total. The topological polar surface area (TPSA) is 63.2 Å². The highest BCUT2D eigenvalue weighted by atomic mass is 16.6. The van der Waals surface area contributed by atoms with Gasteiger partial charge in [-0.1, -0.05) is 30.3 Å². The van der Waals surface area contributed by atoms with E-state index >= 15 is 0 Å². The Balaban J connectivity index is 2.02. The number of fused-ring (bicyclic) bond motifs is 1. The maximum Gasteiger partial charge on any atom is 0.347 e. The summed E-state index contributed by atoms with van der Waals surface area (Å²) in [6.07, 6.45) is 0. The Morgan fingerprint density at radius 1 is 0.704 bits per heavy atom. The van der Waals surface area contributed by atoms with Crippen LogP contribution >= 0.6 is 0 Å². The summed E-state index contributed by atoms with van der Waals surface area (Å²) in [5.74, 6) is 1.35. The summed E-state index contributed by atoms with van der Waals surface area (Å²) in [6.45, 7) is 0. The molecule has 0 aliphatic heterocycles. The second-order valence-corrected chi connectivity index (χ2v) is 5.62. The van der Waals surface area contributed by atoms with Crippen LogP contribution in [0.3, 0.4) is 0 Å². The SMILES string of the molecule is COc1cc(OC)c(OC(=O)c2ccc3ccccc3c2OC)cc1OC. The van der Waals surface area contributed by atoms with Gasteiger partial charge in [-0.3, -0.25) is 0 Å². The highest BCUT2D eigenvalue weighted by Gasteiger charge is 2.21. The lowest BCUT2D eigenvalue weighted by molar-refractivity contribution is 0.0726. The van der Waals surface area contributed by atoms with E-state index in [1.165, 1.54) is 28.4 Å². The third-order valence-electron chi connectivity index (χ3n) is 4.18. The van der Waals surface area contributed by atoms with Gasteiger partial charge < -0.3 is 23.7 Å². The van der Waals surface area contributed by atoms with Crippen molar-refractivity contribution in [1.82, 2.24) is 0 Å². The summed E-state index contributed by atoms with van der Waals surface area (Å²) in [5, 5.41) is 1.79. The first-order valence-electron chi connectivity index (χ1n) is 8.20. The minimum absolute atomic E-state index is 0.218. The van der Waals surface area contributed by atoms with E-state index in [-0.39, 0.29) is 5.75 Å². The quantitative estimate of drug-likeness (QED) is 0.482. The number of esters is 1. The number of carbonyl (C=O) groups is 1. The number of rotatable bonds is 6. The maximum atomic E-state index is 12.8. The van der Waals surface area contributed by atoms with E-state index in [1.54, 1.807) is 18.2 Å². The molecule has 0 fully saturated rings. The van der Waals surface area contributed by atoms with Crippen LogP contribution in [0.1, 0.15) is 10.4 Å². The number of hydrogen-bond acceptors (Lipinski definition) is 6. The van der Waals surface area contributed by atoms with E-state index in [0.29, 0.717) is 28.6 Å². The Morgan fingerprint density at radius 3 is 1.93 bits per heavy atom. The number of methoxy groups -OCH3 is 4. The average molecular weight is 368 g/mol. The molecule has 27 heavy (non-hydrogen) atoms. The summed E-state index contributed by atoms with van der Waals surface area (Å²) in [4.78, 5) is 12.8. The van der Waals surface area contributed by atoms with Crippen molar-refractivity contribution in [1.29, 1.82) is 0 Å². The van der Waals surface area contributed by atoms with Crippen molar-refractivity contribution in [3.05, 3.63) is 54.1 Å². The summed E-state index contributed by atoms with van der Waals surface area (Å²) in [6, 6.07) is 14.3. The molecular weight excluding hydrogens is 348 g/mol. The molecule has 6 heteroatoms. The van der Waals surface area contributed by atoms with Crippen molar-refractivity contribution < 1.29 is 28.5 Å². The molecule has 0 radical (unpaired) electrons. The Kier molecular flexibility index (Phi) is 5.35. The van der Waals surface area contributed by atoms with Gasteiger partial charge in [-0.2, -0.15) is 0 Å². The highest BCUT2D eigenvalue weighted by Crippen LogP contribution is 2.40. The zero-order valence-electron chi connectivity index (χ0n) is 15.6. The molecule has 0 atom stereocenters. The van der Waals surface area contributed by atoms with Crippen LogP contribution in [0, 0.1) is 0 Å². The predicted molar refractivity (Wildman–Crippen MR) is 102 cm³/mol. The van der Waals surface area contributed by atoms with Gasteiger partial charge in [-0.05, 0) is 11.5 Å². The van der Waals surface area contributed by atoms with Gasteiger partial charge in [-0.15, -0.1) is 0 Å². The minimum Gasteiger partial charge on any atom is -0.495 e. The largest absolute Gasteiger partial charge is 0.495 e. The van der Waals surface area contributed by atoms with Crippen LogP contribution in [0.4, 0.5) is 0 Å². The van der Waals surface area contributed by atoms with Gasteiger partial charge in [0.1, 0.15) is 11.3 Å². The third kappa shape index (κ3) is 3.46. The van der Waals surface area contributed by atoms with Crippen molar-refractivity contribution in [2.45, 2.75) is 0 Å². The van der Waals surface area contributed by atoms with E-state index in [9.17, 15) is 4.79 Å². The second kappa shape index (κ2) is 7.86. The number of benzene rings is 3. The molecule has 0 aliphatic carbocycles. The van der Waals surface area contributed by atoms with Gasteiger partial charge in [0.15, 0.2) is 23.0 Å². The fourth-order valence-corrected chi connectivity index (χ4v) is 2.86. The normalized spacial score (nSPS) is 10.4. The summed E-state index contributed by atoms with van der Waals surface area (Å²) in [5.41, 5.74) is 0.313. The van der Waals surface area contributed by atoms with Crippen LogP contribution in [-0.4, -0.2) is 34.4 Å². The molecule has 3 aromatic rings. The molecule has 3 rings (SSSR count). The molecule has 3 aromatic carbocycles. The lowest BCUT2D eigenvalue weighted by Gasteiger charge is -2.15. The zero-order valence-corrected chi connectivity index (χ0v) is 15.6. The molecule has 0 spiro atoms. The summed E-state index contributed by atoms with van der Waals surface area (Å²) in [7, 11) is 6.02. The van der Waals surface area contributed by atoms with Gasteiger partial charge in [-0.25, -0.2) is 4.79 Å². The van der Waals surface area contributed by atoms with Crippen molar-refractivity contribution >= 4 is 16.7 Å². The fourth-order valence-electron chi connectivity index (χ4n) is 2.86. The Bertz CT molecular complexity index is 980. The Hall–Kier alpha value is -3.41. The van der Waals surface area contributed by atoms with E-state index in [2.05, 4.69) is 0 Å². The minimum atomic E-state index is -0.567. The monoisotopic (exact) mass is 368 g/mol. The molecule has 0 aromatic heterocycles. The summed E-state index contributed by atoms with van der Waals surface area (Å²) < 4.78 is 26.9. The van der Waals surface area contributed by atoms with E-state index < -0.39 is 5.97 Å². The van der Waals surface area contributed by atoms with Gasteiger partial charge in [0.2, 0.25) is 0 Å². The van der Waals surface area contributed by atoms with E-state index in [1.807, 2.05) is 30.3 Å². The molecule has 0 aliphatic rings. The molecule has 0 heterocycles. The smallest absolute Gasteiger partial charge is 0.347 e. The van der Waals surface area contributed by atoms with Crippen molar-refractivity contribution in [2.75, 3.05) is 28.4 Å². The van der Waals surface area contributed by atoms with Crippen LogP contribution in [0.15, 0.2) is 48.5 Å². The average Bonchev–Trinajstić information content (AvgIpc) is 2.72. The van der Waals surface area contributed by atoms with Crippen molar-refractivity contribution in [3.8, 4) is 28.7 Å². The third-order valence-corrected chi connectivity index (χ3v) is 4.18. The van der Waals surface area contributed by atoms with Crippen LogP contribution in [0.2, 0.25) is 0 Å². The van der Waals surface area contributed by atoms with Crippen molar-refractivity contribution in [3.63, 3.8) is 0 Å². The van der Waals surface area contributed by atoms with Crippen LogP contribution in [0.5, 0.6) is 28.7 Å². The standard InChI is InChI=1S/C21H20O6/c1-23-16-11-18(25-3)19(12-17(16)24-2)27-21(22)15-10-9-13-7-5-6-8-14(13)20(15)26-4/h5-12H,1-4H3. The second-order valence-electron chi connectivity index (χ2n) is 5.62. The predicted octanol–water partition coefficient (Wildman–Crippen LogP) is 4.09. The fraction of sp³-hybridized carbons (Fsp3) is 0.190. The number of carbonyl (C=O) groups excluding carboxylic acids is 1. The van der Waals surface area contributed by atoms with Crippen molar-refractivity contribution in [2.24, 2.45) is 0 Å². The molecule has 0 saturated carbocycles. The van der Waals surface area contributed by atoms with Gasteiger partial charge in [0.05, 0.1) is 28.4 Å². The molecule has 140 valence electrons. The summed E-state index contributed by atoms with van der Waals surface area (Å²) >= 11 is 0. The molecular formula is C21H20O6. The molecule has 0 N–H and O–H groups in total. The van der Waals surface area contributed by atoms with Crippen LogP contribution in [-0.2, 0) is 0 Å². The van der Waals surface area contributed by atoms with Crippen LogP contribution < -0.4 is 23.7 Å². The Labute approximate surface area is 157 Å². The maximum absolute atomic E-state index is 12.8. The molecule has 0 bridgehead atoms. The number of ether oxygens (including phenoxy) is 5. The first-order valence-corrected chi connectivity index (χ1v) is 8.20. The van der Waals surface area contributed by atoms with E-state index in [4.69, 9.17) is 23.7 Å². The van der Waals surface area contributed by atoms with Gasteiger partial charge in [0, 0.05) is 17.5 Å². The highest BCUT2D eigenvalue weighted by molar-refractivity contribution is 6.02. The zero-order chi connectivity index (χ0) is 19.4. The molecule has 0 saturated heterocycles. The van der Waals surface area contributed by atoms with Gasteiger partial charge in [0.25, 0.3) is 0 Å². The number of hydrogen-bond donors (Lipinski definition) is 0. The first-order chi connectivity index (χ1) is 13.1. The lowest BCUT2D eigenvalue weighted by Crippen LogP contribution is -2.11. The van der Waals surface area contributed by atoms with E-state index in [0.717, 1.165) is 10.8 Å². The lowest BCUT2D eigenvalue weighted by atomic mass is 10.1. The van der Waals surface area contributed by atoms with Crippen LogP contribution in [0.25, 0.3) is 10.8 Å². The molecule has 0 unspecified atom stereocenters. The first kappa shape index (κ1) is 18.4. The molecule has 0 amide bonds. The van der Waals surface area contributed by atoms with Gasteiger partial charge >= 0.3 is 5.97 Å².